The molecule has 0 aliphatic heterocycles. The maximum absolute atomic E-state index is 12.2. The summed E-state index contributed by atoms with van der Waals surface area (Å²) < 4.78 is 1.97. The van der Waals surface area contributed by atoms with Gasteiger partial charge in [0.25, 0.3) is 0 Å². The normalized spacial score (nSPS) is 10.9. The number of aryl methyl sites for hydroxylation is 2. The van der Waals surface area contributed by atoms with Crippen molar-refractivity contribution in [2.24, 2.45) is 0 Å². The first kappa shape index (κ1) is 14.6. The highest BCUT2D eigenvalue weighted by atomic mass is 35.5. The van der Waals surface area contributed by atoms with Gasteiger partial charge in [-0.1, -0.05) is 29.8 Å². The van der Waals surface area contributed by atoms with Crippen molar-refractivity contribution in [3.63, 3.8) is 0 Å². The van der Waals surface area contributed by atoms with E-state index in [1.807, 2.05) is 54.8 Å². The molecule has 0 saturated heterocycles. The van der Waals surface area contributed by atoms with Crippen LogP contribution < -0.4 is 5.32 Å². The number of rotatable bonds is 3. The lowest BCUT2D eigenvalue weighted by molar-refractivity contribution is -0.115. The summed E-state index contributed by atoms with van der Waals surface area (Å²) in [5.74, 6) is -0.0954. The van der Waals surface area contributed by atoms with Gasteiger partial charge in [0, 0.05) is 16.9 Å². The molecule has 0 fully saturated rings. The van der Waals surface area contributed by atoms with Crippen LogP contribution in [0.25, 0.3) is 5.65 Å². The molecule has 3 rings (SSSR count). The van der Waals surface area contributed by atoms with Gasteiger partial charge in [-0.05, 0) is 37.6 Å². The van der Waals surface area contributed by atoms with Gasteiger partial charge in [0.2, 0.25) is 5.91 Å². The summed E-state index contributed by atoms with van der Waals surface area (Å²) in [7, 11) is 0. The standard InChI is InChI=1S/C17H16ClN3O/c1-11-12(2)21-10-14(7-8-16(21)19-11)20-17(22)9-13-5-3-4-6-15(13)18/h3-8,10H,9H2,1-2H3,(H,20,22). The molecule has 5 heteroatoms. The van der Waals surface area contributed by atoms with Gasteiger partial charge in [-0.3, -0.25) is 4.79 Å². The van der Waals surface area contributed by atoms with Crippen molar-refractivity contribution in [2.45, 2.75) is 20.3 Å². The Morgan fingerprint density at radius 2 is 2.00 bits per heavy atom. The molecule has 0 aliphatic carbocycles. The van der Waals surface area contributed by atoms with E-state index in [1.165, 1.54) is 0 Å². The van der Waals surface area contributed by atoms with Crippen molar-refractivity contribution in [1.82, 2.24) is 9.38 Å². The highest BCUT2D eigenvalue weighted by Crippen LogP contribution is 2.18. The predicted molar refractivity (Wildman–Crippen MR) is 88.5 cm³/mol. The van der Waals surface area contributed by atoms with Gasteiger partial charge in [0.15, 0.2) is 0 Å². The van der Waals surface area contributed by atoms with Gasteiger partial charge < -0.3 is 9.72 Å². The second kappa shape index (κ2) is 5.81. The zero-order valence-corrected chi connectivity index (χ0v) is 13.2. The summed E-state index contributed by atoms with van der Waals surface area (Å²) in [4.78, 5) is 16.6. The number of nitrogens with zero attached hydrogens (tertiary/aromatic N) is 2. The molecule has 0 radical (unpaired) electrons. The number of hydrogen-bond acceptors (Lipinski definition) is 2. The predicted octanol–water partition coefficient (Wildman–Crippen LogP) is 3.79. The summed E-state index contributed by atoms with van der Waals surface area (Å²) in [6.07, 6.45) is 2.13. The molecule has 0 aliphatic rings. The van der Waals surface area contributed by atoms with Crippen LogP contribution in [0.1, 0.15) is 17.0 Å². The molecule has 0 unspecified atom stereocenters. The molecule has 4 nitrogen and oxygen atoms in total. The minimum atomic E-state index is -0.0954. The van der Waals surface area contributed by atoms with E-state index in [-0.39, 0.29) is 12.3 Å². The number of fused-ring (bicyclic) bond motifs is 1. The average molecular weight is 314 g/mol. The Bertz CT molecular complexity index is 854. The number of benzene rings is 1. The third kappa shape index (κ3) is 2.83. The van der Waals surface area contributed by atoms with Crippen molar-refractivity contribution in [2.75, 3.05) is 5.32 Å². The molecule has 1 amide bonds. The number of hydrogen-bond donors (Lipinski definition) is 1. The number of halogens is 1. The summed E-state index contributed by atoms with van der Waals surface area (Å²) in [6, 6.07) is 11.1. The molecule has 0 saturated carbocycles. The number of carbonyl (C=O) groups excluding carboxylic acids is 1. The number of pyridine rings is 1. The van der Waals surface area contributed by atoms with E-state index in [4.69, 9.17) is 11.6 Å². The first-order chi connectivity index (χ1) is 10.5. The van der Waals surface area contributed by atoms with Crippen LogP contribution in [0.2, 0.25) is 5.02 Å². The maximum Gasteiger partial charge on any atom is 0.228 e. The summed E-state index contributed by atoms with van der Waals surface area (Å²) >= 11 is 6.08. The van der Waals surface area contributed by atoms with E-state index in [9.17, 15) is 4.79 Å². The largest absolute Gasteiger partial charge is 0.324 e. The fraction of sp³-hybridized carbons (Fsp3) is 0.176. The maximum atomic E-state index is 12.2. The van der Waals surface area contributed by atoms with Crippen molar-refractivity contribution in [1.29, 1.82) is 0 Å². The van der Waals surface area contributed by atoms with E-state index in [2.05, 4.69) is 10.3 Å². The second-order valence-corrected chi connectivity index (χ2v) is 5.65. The molecular formula is C17H16ClN3O. The molecule has 112 valence electrons. The lowest BCUT2D eigenvalue weighted by atomic mass is 10.1. The first-order valence-corrected chi connectivity index (χ1v) is 7.41. The van der Waals surface area contributed by atoms with Crippen molar-refractivity contribution in [3.05, 3.63) is 64.6 Å². The van der Waals surface area contributed by atoms with Crippen LogP contribution in [-0.2, 0) is 11.2 Å². The number of carbonyl (C=O) groups is 1. The van der Waals surface area contributed by atoms with Crippen LogP contribution in [0.5, 0.6) is 0 Å². The minimum absolute atomic E-state index is 0.0954. The molecular weight excluding hydrogens is 298 g/mol. The zero-order valence-electron chi connectivity index (χ0n) is 12.4. The van der Waals surface area contributed by atoms with Crippen LogP contribution in [0.15, 0.2) is 42.6 Å². The highest BCUT2D eigenvalue weighted by Gasteiger charge is 2.09. The Hall–Kier alpha value is -2.33. The van der Waals surface area contributed by atoms with E-state index in [0.717, 1.165) is 28.3 Å². The van der Waals surface area contributed by atoms with Crippen LogP contribution in [0.4, 0.5) is 5.69 Å². The van der Waals surface area contributed by atoms with E-state index in [0.29, 0.717) is 5.02 Å². The Labute approximate surface area is 133 Å². The van der Waals surface area contributed by atoms with Gasteiger partial charge in [-0.25, -0.2) is 4.98 Å². The third-order valence-electron chi connectivity index (χ3n) is 3.69. The molecule has 1 aromatic carbocycles. The van der Waals surface area contributed by atoms with Crippen molar-refractivity contribution < 1.29 is 4.79 Å². The Morgan fingerprint density at radius 1 is 1.23 bits per heavy atom. The van der Waals surface area contributed by atoms with Crippen LogP contribution in [-0.4, -0.2) is 15.3 Å². The van der Waals surface area contributed by atoms with Crippen LogP contribution >= 0.6 is 11.6 Å². The average Bonchev–Trinajstić information content (AvgIpc) is 2.77. The number of imidazole rings is 1. The third-order valence-corrected chi connectivity index (χ3v) is 4.06. The van der Waals surface area contributed by atoms with Crippen LogP contribution in [0.3, 0.4) is 0 Å². The highest BCUT2D eigenvalue weighted by molar-refractivity contribution is 6.31. The molecule has 0 atom stereocenters. The fourth-order valence-corrected chi connectivity index (χ4v) is 2.58. The summed E-state index contributed by atoms with van der Waals surface area (Å²) in [6.45, 7) is 3.97. The minimum Gasteiger partial charge on any atom is -0.324 e. The molecule has 3 aromatic rings. The SMILES string of the molecule is Cc1nc2ccc(NC(=O)Cc3ccccc3Cl)cn2c1C. The Kier molecular flexibility index (Phi) is 3.86. The van der Waals surface area contributed by atoms with Gasteiger partial charge in [0.1, 0.15) is 5.65 Å². The molecule has 2 heterocycles. The number of anilines is 1. The summed E-state index contributed by atoms with van der Waals surface area (Å²) in [5.41, 5.74) is 4.48. The van der Waals surface area contributed by atoms with Crippen molar-refractivity contribution in [3.8, 4) is 0 Å². The van der Waals surface area contributed by atoms with Crippen LogP contribution in [0, 0.1) is 13.8 Å². The van der Waals surface area contributed by atoms with Gasteiger partial charge in [-0.15, -0.1) is 0 Å². The quantitative estimate of drug-likeness (QED) is 0.799. The molecule has 0 bridgehead atoms. The van der Waals surface area contributed by atoms with E-state index in [1.54, 1.807) is 6.07 Å². The molecule has 1 N–H and O–H groups in total. The Balaban J connectivity index is 1.79. The number of nitrogens with one attached hydrogen (secondary N) is 1. The van der Waals surface area contributed by atoms with Gasteiger partial charge in [0.05, 0.1) is 17.8 Å². The molecule has 0 spiro atoms. The van der Waals surface area contributed by atoms with Gasteiger partial charge in [-0.2, -0.15) is 0 Å². The molecule has 2 aromatic heterocycles. The smallest absolute Gasteiger partial charge is 0.228 e. The first-order valence-electron chi connectivity index (χ1n) is 7.03. The molecule has 22 heavy (non-hydrogen) atoms. The number of amides is 1. The van der Waals surface area contributed by atoms with E-state index < -0.39 is 0 Å². The lowest BCUT2D eigenvalue weighted by Gasteiger charge is -2.07. The van der Waals surface area contributed by atoms with Crippen molar-refractivity contribution >= 4 is 28.8 Å². The zero-order chi connectivity index (χ0) is 15.7. The topological polar surface area (TPSA) is 46.4 Å². The summed E-state index contributed by atoms with van der Waals surface area (Å²) in [5, 5.41) is 3.51. The monoisotopic (exact) mass is 313 g/mol. The van der Waals surface area contributed by atoms with Gasteiger partial charge >= 0.3 is 0 Å². The lowest BCUT2D eigenvalue weighted by Crippen LogP contribution is -2.15. The Morgan fingerprint density at radius 3 is 2.77 bits per heavy atom. The fourth-order valence-electron chi connectivity index (χ4n) is 2.37. The second-order valence-electron chi connectivity index (χ2n) is 5.24. The number of aromatic nitrogens is 2. The van der Waals surface area contributed by atoms with E-state index >= 15 is 0 Å².